The molecule has 0 aliphatic carbocycles. The second kappa shape index (κ2) is 19.1. The van der Waals surface area contributed by atoms with Crippen LogP contribution in [0.4, 0.5) is 8.78 Å². The first-order valence-corrected chi connectivity index (χ1v) is 15.5. The molecule has 0 fully saturated rings. The summed E-state index contributed by atoms with van der Waals surface area (Å²) in [6, 6.07) is 3.76. The molecule has 9 nitrogen and oxygen atoms in total. The molecular formula is C33H48F2N4O5. The number of aliphatic hydroxyl groups excluding tert-OH is 2. The fourth-order valence-corrected chi connectivity index (χ4v) is 5.15. The smallest absolute Gasteiger partial charge is 0.253 e. The zero-order chi connectivity index (χ0) is 32.6. The Morgan fingerprint density at radius 2 is 1.59 bits per heavy atom. The quantitative estimate of drug-likeness (QED) is 0.161. The highest BCUT2D eigenvalue weighted by molar-refractivity contribution is 5.97. The van der Waals surface area contributed by atoms with Crippen molar-refractivity contribution in [3.8, 4) is 0 Å². The topological polar surface area (TPSA) is 141 Å². The van der Waals surface area contributed by atoms with E-state index < -0.39 is 60.1 Å². The summed E-state index contributed by atoms with van der Waals surface area (Å²) in [7, 11) is 0. The van der Waals surface area contributed by atoms with Crippen LogP contribution in [0, 0.1) is 23.5 Å². The van der Waals surface area contributed by atoms with Crippen LogP contribution < -0.4 is 16.0 Å². The first-order valence-electron chi connectivity index (χ1n) is 15.5. The van der Waals surface area contributed by atoms with Crippen LogP contribution in [0.25, 0.3) is 0 Å². The van der Waals surface area contributed by atoms with Crippen LogP contribution >= 0.6 is 0 Å². The number of aliphatic hydroxyl groups is 2. The van der Waals surface area contributed by atoms with Crippen molar-refractivity contribution in [3.63, 3.8) is 0 Å². The van der Waals surface area contributed by atoms with Gasteiger partial charge in [-0.25, -0.2) is 8.78 Å². The number of hydrogen-bond acceptors (Lipinski definition) is 6. The molecule has 0 saturated heterocycles. The number of halogens is 2. The number of aromatic nitrogens is 1. The SMILES string of the molecule is CCCC(CCC)CCC(NC(=O)c1cccnc1)C(=O)N[C@@H](Cc1cc(F)cc(F)c1)[C@@H](O)[C@H](O)CC(=O)NCC(C)C. The van der Waals surface area contributed by atoms with Crippen LogP contribution in [-0.2, 0) is 16.0 Å². The molecule has 244 valence electrons. The molecular weight excluding hydrogens is 570 g/mol. The van der Waals surface area contributed by atoms with Crippen LogP contribution in [0.5, 0.6) is 0 Å². The van der Waals surface area contributed by atoms with E-state index in [2.05, 4.69) is 34.8 Å². The molecule has 0 radical (unpaired) electrons. The number of hydrogen-bond donors (Lipinski definition) is 5. The maximum atomic E-state index is 14.0. The number of nitrogens with zero attached hydrogens (tertiary/aromatic N) is 1. The Balaban J connectivity index is 2.32. The van der Waals surface area contributed by atoms with Crippen LogP contribution in [0.3, 0.4) is 0 Å². The number of rotatable bonds is 19. The standard InChI is InChI=1S/C33H48F2N4O5/c1-5-8-22(9-6-2)11-12-27(38-32(43)24-10-7-13-36-20-24)33(44)39-28(16-23-14-25(34)17-26(35)15-23)31(42)29(40)18-30(41)37-19-21(3)4/h7,10,13-15,17,20-22,27-29,31,40,42H,5-6,8-9,11-12,16,18-19H2,1-4H3,(H,37,41)(H,38,43)(H,39,44)/t27?,28-,29+,31+/m0/s1. The van der Waals surface area contributed by atoms with Crippen molar-refractivity contribution in [1.29, 1.82) is 0 Å². The molecule has 5 N–H and O–H groups in total. The zero-order valence-corrected chi connectivity index (χ0v) is 26.2. The monoisotopic (exact) mass is 618 g/mol. The lowest BCUT2D eigenvalue weighted by atomic mass is 9.91. The lowest BCUT2D eigenvalue weighted by Gasteiger charge is -2.30. The molecule has 11 heteroatoms. The van der Waals surface area contributed by atoms with E-state index in [1.54, 1.807) is 12.1 Å². The van der Waals surface area contributed by atoms with Crippen LogP contribution in [0.2, 0.25) is 0 Å². The third-order valence-electron chi connectivity index (χ3n) is 7.42. The number of pyridine rings is 1. The Hall–Kier alpha value is -3.44. The van der Waals surface area contributed by atoms with Gasteiger partial charge in [-0.05, 0) is 60.9 Å². The Bertz CT molecular complexity index is 1160. The maximum Gasteiger partial charge on any atom is 0.253 e. The second-order valence-corrected chi connectivity index (χ2v) is 11.8. The minimum atomic E-state index is -1.67. The van der Waals surface area contributed by atoms with E-state index in [4.69, 9.17) is 0 Å². The molecule has 1 aromatic heterocycles. The molecule has 4 atom stereocenters. The van der Waals surface area contributed by atoms with Crippen LogP contribution in [-0.4, -0.2) is 63.8 Å². The second-order valence-electron chi connectivity index (χ2n) is 11.8. The summed E-state index contributed by atoms with van der Waals surface area (Å²) in [6.45, 7) is 8.37. The number of amides is 3. The first-order chi connectivity index (χ1) is 20.9. The average molecular weight is 619 g/mol. The lowest BCUT2D eigenvalue weighted by Crippen LogP contribution is -2.56. The molecule has 3 amide bonds. The summed E-state index contributed by atoms with van der Waals surface area (Å²) in [4.78, 5) is 43.1. The summed E-state index contributed by atoms with van der Waals surface area (Å²) in [5.74, 6) is -2.80. The third-order valence-corrected chi connectivity index (χ3v) is 7.42. The van der Waals surface area contributed by atoms with Gasteiger partial charge in [0.05, 0.1) is 24.1 Å². The molecule has 0 saturated carbocycles. The summed E-state index contributed by atoms with van der Waals surface area (Å²) in [5.41, 5.74) is 0.392. The van der Waals surface area contributed by atoms with E-state index in [0.29, 0.717) is 31.4 Å². The predicted octanol–water partition coefficient (Wildman–Crippen LogP) is 4.07. The molecule has 1 unspecified atom stereocenters. The molecule has 2 aromatic rings. The molecule has 1 aromatic carbocycles. The fraction of sp³-hybridized carbons (Fsp3) is 0.576. The third kappa shape index (κ3) is 13.1. The van der Waals surface area contributed by atoms with Crippen molar-refractivity contribution < 1.29 is 33.4 Å². The van der Waals surface area contributed by atoms with Crippen molar-refractivity contribution in [3.05, 3.63) is 65.5 Å². The summed E-state index contributed by atoms with van der Waals surface area (Å²) in [6.07, 6.45) is 3.81. The van der Waals surface area contributed by atoms with E-state index in [-0.39, 0.29) is 23.5 Å². The molecule has 1 heterocycles. The Morgan fingerprint density at radius 1 is 0.932 bits per heavy atom. The molecule has 0 aliphatic heterocycles. The van der Waals surface area contributed by atoms with Crippen LogP contribution in [0.1, 0.15) is 88.6 Å². The summed E-state index contributed by atoms with van der Waals surface area (Å²) >= 11 is 0. The molecule has 2 rings (SSSR count). The van der Waals surface area contributed by atoms with Gasteiger partial charge in [0.1, 0.15) is 23.8 Å². The van der Waals surface area contributed by atoms with Gasteiger partial charge in [-0.15, -0.1) is 0 Å². The fourth-order valence-electron chi connectivity index (χ4n) is 5.15. The van der Waals surface area contributed by atoms with E-state index in [9.17, 15) is 33.4 Å². The molecule has 0 bridgehead atoms. The summed E-state index contributed by atoms with van der Waals surface area (Å²) < 4.78 is 28.0. The van der Waals surface area contributed by atoms with Crippen molar-refractivity contribution in [2.45, 2.75) is 103 Å². The maximum absolute atomic E-state index is 14.0. The van der Waals surface area contributed by atoms with E-state index >= 15 is 0 Å². The van der Waals surface area contributed by atoms with Crippen molar-refractivity contribution in [2.75, 3.05) is 6.54 Å². The number of benzene rings is 1. The number of nitrogens with one attached hydrogen (secondary N) is 3. The van der Waals surface area contributed by atoms with Gasteiger partial charge in [0.2, 0.25) is 11.8 Å². The van der Waals surface area contributed by atoms with Gasteiger partial charge in [0.25, 0.3) is 5.91 Å². The van der Waals surface area contributed by atoms with Gasteiger partial charge in [-0.1, -0.05) is 53.4 Å². The minimum Gasteiger partial charge on any atom is -0.390 e. The van der Waals surface area contributed by atoms with Crippen molar-refractivity contribution in [1.82, 2.24) is 20.9 Å². The molecule has 0 spiro atoms. The van der Waals surface area contributed by atoms with Gasteiger partial charge in [0.15, 0.2) is 0 Å². The van der Waals surface area contributed by atoms with E-state index in [1.165, 1.54) is 12.4 Å². The molecule has 44 heavy (non-hydrogen) atoms. The number of carbonyl (C=O) groups is 3. The Labute approximate surface area is 259 Å². The lowest BCUT2D eigenvalue weighted by molar-refractivity contribution is -0.127. The first kappa shape index (κ1) is 36.8. The van der Waals surface area contributed by atoms with Gasteiger partial charge in [0, 0.05) is 25.0 Å². The highest BCUT2D eigenvalue weighted by atomic mass is 19.1. The van der Waals surface area contributed by atoms with Gasteiger partial charge >= 0.3 is 0 Å². The number of carbonyl (C=O) groups excluding carboxylic acids is 3. The summed E-state index contributed by atoms with van der Waals surface area (Å²) in [5, 5.41) is 30.0. The average Bonchev–Trinajstić information content (AvgIpc) is 2.97. The van der Waals surface area contributed by atoms with Gasteiger partial charge in [-0.2, -0.15) is 0 Å². The normalized spacial score (nSPS) is 14.1. The van der Waals surface area contributed by atoms with E-state index in [0.717, 1.165) is 37.8 Å². The zero-order valence-electron chi connectivity index (χ0n) is 26.2. The highest BCUT2D eigenvalue weighted by Crippen LogP contribution is 2.21. The van der Waals surface area contributed by atoms with Gasteiger partial charge < -0.3 is 26.2 Å². The largest absolute Gasteiger partial charge is 0.390 e. The minimum absolute atomic E-state index is 0.130. The van der Waals surface area contributed by atoms with Crippen molar-refractivity contribution >= 4 is 17.7 Å². The van der Waals surface area contributed by atoms with Gasteiger partial charge in [-0.3, -0.25) is 19.4 Å². The van der Waals surface area contributed by atoms with E-state index in [1.807, 2.05) is 13.8 Å². The van der Waals surface area contributed by atoms with Crippen LogP contribution in [0.15, 0.2) is 42.7 Å². The highest BCUT2D eigenvalue weighted by Gasteiger charge is 2.32. The Kier molecular flexibility index (Phi) is 15.9. The van der Waals surface area contributed by atoms with Crippen molar-refractivity contribution in [2.24, 2.45) is 11.8 Å². The predicted molar refractivity (Wildman–Crippen MR) is 165 cm³/mol. The Morgan fingerprint density at radius 3 is 2.16 bits per heavy atom. The molecule has 0 aliphatic rings.